The van der Waals surface area contributed by atoms with Crippen LogP contribution in [0.4, 0.5) is 0 Å². The number of rotatable bonds is 8. The summed E-state index contributed by atoms with van der Waals surface area (Å²) < 4.78 is 1.99. The van der Waals surface area contributed by atoms with Gasteiger partial charge in [-0.2, -0.15) is 5.10 Å². The minimum absolute atomic E-state index is 0.959. The lowest BCUT2D eigenvalue weighted by Gasteiger charge is -2.05. The fourth-order valence-electron chi connectivity index (χ4n) is 2.15. The first kappa shape index (κ1) is 16.1. The Morgan fingerprint density at radius 1 is 1.19 bits per heavy atom. The molecule has 0 fully saturated rings. The second-order valence-corrected chi connectivity index (χ2v) is 6.26. The van der Waals surface area contributed by atoms with E-state index < -0.39 is 0 Å². The van der Waals surface area contributed by atoms with Gasteiger partial charge in [0.25, 0.3) is 0 Å². The number of hydrogen-bond acceptors (Lipinski definition) is 3. The van der Waals surface area contributed by atoms with Gasteiger partial charge in [-0.25, -0.2) is 0 Å². The lowest BCUT2D eigenvalue weighted by atomic mass is 10.2. The Morgan fingerprint density at radius 3 is 2.57 bits per heavy atom. The van der Waals surface area contributed by atoms with Crippen molar-refractivity contribution in [3.05, 3.63) is 47.3 Å². The molecule has 1 aromatic carbocycles. The number of aromatic nitrogens is 2. The molecule has 0 amide bonds. The van der Waals surface area contributed by atoms with E-state index in [4.69, 9.17) is 0 Å². The average molecular weight is 303 g/mol. The lowest BCUT2D eigenvalue weighted by Crippen LogP contribution is -2.13. The van der Waals surface area contributed by atoms with Crippen LogP contribution in [0.25, 0.3) is 0 Å². The zero-order chi connectivity index (χ0) is 15.1. The largest absolute Gasteiger partial charge is 0.313 e. The molecule has 1 aromatic heterocycles. The van der Waals surface area contributed by atoms with E-state index >= 15 is 0 Å². The SMILES string of the molecule is CCCNCc1ccc(SCc2cc(CC)nn2C)cc1. The average Bonchev–Trinajstić information content (AvgIpc) is 2.87. The molecule has 0 saturated heterocycles. The Morgan fingerprint density at radius 2 is 1.95 bits per heavy atom. The van der Waals surface area contributed by atoms with Gasteiger partial charge in [-0.15, -0.1) is 11.8 Å². The molecule has 3 nitrogen and oxygen atoms in total. The van der Waals surface area contributed by atoms with Crippen LogP contribution < -0.4 is 5.32 Å². The van der Waals surface area contributed by atoms with Crippen LogP contribution in [-0.4, -0.2) is 16.3 Å². The Hall–Kier alpha value is -1.26. The molecule has 0 radical (unpaired) electrons. The fourth-order valence-corrected chi connectivity index (χ4v) is 3.06. The van der Waals surface area contributed by atoms with Gasteiger partial charge >= 0.3 is 0 Å². The molecule has 0 unspecified atom stereocenters. The van der Waals surface area contributed by atoms with Crippen molar-refractivity contribution in [2.45, 2.75) is 43.9 Å². The summed E-state index contributed by atoms with van der Waals surface area (Å²) >= 11 is 1.87. The summed E-state index contributed by atoms with van der Waals surface area (Å²) in [6, 6.07) is 11.1. The molecule has 0 aliphatic rings. The van der Waals surface area contributed by atoms with E-state index in [1.807, 2.05) is 23.5 Å². The number of nitrogens with one attached hydrogen (secondary N) is 1. The van der Waals surface area contributed by atoms with Crippen LogP contribution in [-0.2, 0) is 25.8 Å². The van der Waals surface area contributed by atoms with Gasteiger partial charge in [0.15, 0.2) is 0 Å². The summed E-state index contributed by atoms with van der Waals surface area (Å²) in [5.74, 6) is 0.969. The van der Waals surface area contributed by atoms with Gasteiger partial charge in [0, 0.05) is 29.9 Å². The predicted molar refractivity (Wildman–Crippen MR) is 90.6 cm³/mol. The molecular formula is C17H25N3S. The van der Waals surface area contributed by atoms with Gasteiger partial charge in [-0.3, -0.25) is 4.68 Å². The molecule has 0 spiro atoms. The molecule has 114 valence electrons. The van der Waals surface area contributed by atoms with Gasteiger partial charge < -0.3 is 5.32 Å². The second-order valence-electron chi connectivity index (χ2n) is 5.21. The van der Waals surface area contributed by atoms with E-state index in [2.05, 4.69) is 54.6 Å². The molecule has 0 bridgehead atoms. The zero-order valence-corrected chi connectivity index (χ0v) is 14.0. The lowest BCUT2D eigenvalue weighted by molar-refractivity contribution is 0.675. The third kappa shape index (κ3) is 4.90. The maximum absolute atomic E-state index is 4.49. The van der Waals surface area contributed by atoms with E-state index in [1.54, 1.807) is 0 Å². The van der Waals surface area contributed by atoms with Crippen LogP contribution >= 0.6 is 11.8 Å². The molecular weight excluding hydrogens is 278 g/mol. The monoisotopic (exact) mass is 303 g/mol. The minimum Gasteiger partial charge on any atom is -0.313 e. The Bertz CT molecular complexity index is 546. The molecule has 0 aliphatic carbocycles. The van der Waals surface area contributed by atoms with E-state index in [0.717, 1.165) is 25.3 Å². The Kier molecular flexibility index (Phi) is 6.33. The molecule has 21 heavy (non-hydrogen) atoms. The maximum atomic E-state index is 4.49. The molecule has 1 heterocycles. The highest BCUT2D eigenvalue weighted by Gasteiger charge is 2.04. The summed E-state index contributed by atoms with van der Waals surface area (Å²) in [7, 11) is 2.03. The van der Waals surface area contributed by atoms with Crippen LogP contribution in [0, 0.1) is 0 Å². The predicted octanol–water partition coefficient (Wildman–Crippen LogP) is 3.77. The molecule has 1 N–H and O–H groups in total. The van der Waals surface area contributed by atoms with Crippen LogP contribution in [0.5, 0.6) is 0 Å². The van der Waals surface area contributed by atoms with Crippen molar-refractivity contribution in [3.8, 4) is 0 Å². The summed E-state index contributed by atoms with van der Waals surface area (Å²) in [5.41, 5.74) is 3.80. The number of nitrogens with zero attached hydrogens (tertiary/aromatic N) is 2. The number of benzene rings is 1. The van der Waals surface area contributed by atoms with Gasteiger partial charge in [-0.1, -0.05) is 26.0 Å². The highest BCUT2D eigenvalue weighted by molar-refractivity contribution is 7.98. The maximum Gasteiger partial charge on any atom is 0.0625 e. The smallest absolute Gasteiger partial charge is 0.0625 e. The van der Waals surface area contributed by atoms with Crippen molar-refractivity contribution in [1.29, 1.82) is 0 Å². The molecule has 4 heteroatoms. The van der Waals surface area contributed by atoms with Gasteiger partial charge in [-0.05, 0) is 43.1 Å². The topological polar surface area (TPSA) is 29.9 Å². The molecule has 2 aromatic rings. The van der Waals surface area contributed by atoms with E-state index in [0.29, 0.717) is 0 Å². The first-order valence-corrected chi connectivity index (χ1v) is 8.65. The first-order valence-electron chi connectivity index (χ1n) is 7.67. The highest BCUT2D eigenvalue weighted by Crippen LogP contribution is 2.23. The Balaban J connectivity index is 1.86. The summed E-state index contributed by atoms with van der Waals surface area (Å²) in [6.45, 7) is 6.37. The van der Waals surface area contributed by atoms with Gasteiger partial charge in [0.05, 0.1) is 5.69 Å². The van der Waals surface area contributed by atoms with E-state index in [-0.39, 0.29) is 0 Å². The standard InChI is InChI=1S/C17H25N3S/c1-4-10-18-12-14-6-8-17(9-7-14)21-13-16-11-15(5-2)19-20(16)3/h6-9,11,18H,4-5,10,12-13H2,1-3H3. The van der Waals surface area contributed by atoms with E-state index in [9.17, 15) is 0 Å². The third-order valence-electron chi connectivity index (χ3n) is 3.46. The number of thioether (sulfide) groups is 1. The van der Waals surface area contributed by atoms with Crippen molar-refractivity contribution < 1.29 is 0 Å². The Labute approximate surface area is 132 Å². The highest BCUT2D eigenvalue weighted by atomic mass is 32.2. The molecule has 0 aliphatic heterocycles. The molecule has 2 rings (SSSR count). The van der Waals surface area contributed by atoms with Crippen molar-refractivity contribution >= 4 is 11.8 Å². The van der Waals surface area contributed by atoms with Crippen LogP contribution in [0.3, 0.4) is 0 Å². The van der Waals surface area contributed by atoms with Crippen molar-refractivity contribution in [3.63, 3.8) is 0 Å². The molecule has 0 saturated carbocycles. The summed E-state index contributed by atoms with van der Waals surface area (Å²) in [4.78, 5) is 1.31. The third-order valence-corrected chi connectivity index (χ3v) is 4.50. The molecule has 0 atom stereocenters. The van der Waals surface area contributed by atoms with Crippen LogP contribution in [0.15, 0.2) is 35.2 Å². The van der Waals surface area contributed by atoms with Gasteiger partial charge in [0.1, 0.15) is 0 Å². The number of aryl methyl sites for hydroxylation is 2. The normalized spacial score (nSPS) is 11.0. The fraction of sp³-hybridized carbons (Fsp3) is 0.471. The zero-order valence-electron chi connectivity index (χ0n) is 13.2. The van der Waals surface area contributed by atoms with Crippen molar-refractivity contribution in [1.82, 2.24) is 15.1 Å². The van der Waals surface area contributed by atoms with Crippen molar-refractivity contribution in [2.24, 2.45) is 7.05 Å². The summed E-state index contributed by atoms with van der Waals surface area (Å²) in [6.07, 6.45) is 2.18. The number of hydrogen-bond donors (Lipinski definition) is 1. The minimum atomic E-state index is 0.959. The quantitative estimate of drug-likeness (QED) is 0.594. The summed E-state index contributed by atoms with van der Waals surface area (Å²) in [5, 5.41) is 7.92. The second kappa shape index (κ2) is 8.25. The first-order chi connectivity index (χ1) is 10.2. The van der Waals surface area contributed by atoms with Gasteiger partial charge in [0.2, 0.25) is 0 Å². The van der Waals surface area contributed by atoms with Crippen LogP contribution in [0.2, 0.25) is 0 Å². The van der Waals surface area contributed by atoms with Crippen LogP contribution in [0.1, 0.15) is 37.2 Å². The van der Waals surface area contributed by atoms with E-state index in [1.165, 1.54) is 28.3 Å². The van der Waals surface area contributed by atoms with Crippen molar-refractivity contribution in [2.75, 3.05) is 6.54 Å².